The average molecular weight is 249 g/mol. The standard InChI is InChI=1S/C14H19NO3/c15-13(14(16)17)12-6-11(7-12)9-18-8-10-4-2-1-3-5-10/h1-5,11-13H,6-9,15H2,(H,16,17)/t11?,12?,13-/m1/s1. The van der Waals surface area contributed by atoms with Gasteiger partial charge in [-0.2, -0.15) is 0 Å². The van der Waals surface area contributed by atoms with Gasteiger partial charge in [0.25, 0.3) is 0 Å². The Bertz CT molecular complexity index is 387. The van der Waals surface area contributed by atoms with Crippen molar-refractivity contribution < 1.29 is 14.6 Å². The van der Waals surface area contributed by atoms with E-state index in [1.807, 2.05) is 30.3 Å². The molecule has 1 aliphatic rings. The quantitative estimate of drug-likeness (QED) is 0.804. The first-order valence-corrected chi connectivity index (χ1v) is 6.27. The first kappa shape index (κ1) is 13.1. The molecule has 0 aliphatic heterocycles. The number of rotatable bonds is 6. The van der Waals surface area contributed by atoms with Crippen LogP contribution in [0.1, 0.15) is 18.4 Å². The summed E-state index contributed by atoms with van der Waals surface area (Å²) >= 11 is 0. The number of aliphatic carboxylic acids is 1. The third kappa shape index (κ3) is 3.31. The first-order valence-electron chi connectivity index (χ1n) is 6.27. The highest BCUT2D eigenvalue weighted by Crippen LogP contribution is 2.35. The van der Waals surface area contributed by atoms with Crippen LogP contribution in [0.4, 0.5) is 0 Å². The van der Waals surface area contributed by atoms with Crippen molar-refractivity contribution >= 4 is 5.97 Å². The molecule has 0 unspecified atom stereocenters. The highest BCUT2D eigenvalue weighted by Gasteiger charge is 2.36. The lowest BCUT2D eigenvalue weighted by Gasteiger charge is -2.37. The van der Waals surface area contributed by atoms with Crippen LogP contribution in [-0.4, -0.2) is 23.7 Å². The molecule has 0 amide bonds. The fourth-order valence-electron chi connectivity index (χ4n) is 2.34. The summed E-state index contributed by atoms with van der Waals surface area (Å²) in [6.45, 7) is 1.31. The topological polar surface area (TPSA) is 72.6 Å². The molecule has 1 aromatic rings. The fourth-order valence-corrected chi connectivity index (χ4v) is 2.34. The summed E-state index contributed by atoms with van der Waals surface area (Å²) in [6.07, 6.45) is 1.73. The van der Waals surface area contributed by atoms with E-state index in [9.17, 15) is 4.79 Å². The predicted octanol–water partition coefficient (Wildman–Crippen LogP) is 1.64. The van der Waals surface area contributed by atoms with Crippen molar-refractivity contribution in [2.75, 3.05) is 6.61 Å². The van der Waals surface area contributed by atoms with Gasteiger partial charge in [0.2, 0.25) is 0 Å². The van der Waals surface area contributed by atoms with Crippen LogP contribution >= 0.6 is 0 Å². The second-order valence-corrected chi connectivity index (χ2v) is 4.96. The Morgan fingerprint density at radius 2 is 2.06 bits per heavy atom. The van der Waals surface area contributed by atoms with Crippen LogP contribution in [0.2, 0.25) is 0 Å². The average Bonchev–Trinajstić information content (AvgIpc) is 2.32. The predicted molar refractivity (Wildman–Crippen MR) is 67.9 cm³/mol. The van der Waals surface area contributed by atoms with Crippen molar-refractivity contribution in [2.24, 2.45) is 17.6 Å². The van der Waals surface area contributed by atoms with Crippen LogP contribution in [0.15, 0.2) is 30.3 Å². The van der Waals surface area contributed by atoms with Crippen molar-refractivity contribution in [3.63, 3.8) is 0 Å². The molecular formula is C14H19NO3. The van der Waals surface area contributed by atoms with E-state index in [-0.39, 0.29) is 5.92 Å². The van der Waals surface area contributed by atoms with Crippen LogP contribution in [0.3, 0.4) is 0 Å². The van der Waals surface area contributed by atoms with Gasteiger partial charge in [-0.3, -0.25) is 4.79 Å². The second kappa shape index (κ2) is 5.98. The Balaban J connectivity index is 1.62. The van der Waals surface area contributed by atoms with Gasteiger partial charge in [0.1, 0.15) is 6.04 Å². The Kier molecular flexibility index (Phi) is 4.33. The van der Waals surface area contributed by atoms with E-state index in [4.69, 9.17) is 15.6 Å². The molecule has 4 nitrogen and oxygen atoms in total. The number of carbonyl (C=O) groups is 1. The molecule has 1 aromatic carbocycles. The van der Waals surface area contributed by atoms with Crippen LogP contribution in [0.5, 0.6) is 0 Å². The summed E-state index contributed by atoms with van der Waals surface area (Å²) < 4.78 is 5.62. The van der Waals surface area contributed by atoms with Crippen molar-refractivity contribution in [3.05, 3.63) is 35.9 Å². The van der Waals surface area contributed by atoms with E-state index in [0.717, 1.165) is 18.4 Å². The minimum absolute atomic E-state index is 0.118. The number of benzene rings is 1. The molecule has 0 heterocycles. The molecule has 0 radical (unpaired) electrons. The van der Waals surface area contributed by atoms with Gasteiger partial charge in [-0.25, -0.2) is 0 Å². The zero-order chi connectivity index (χ0) is 13.0. The molecule has 3 N–H and O–H groups in total. The van der Waals surface area contributed by atoms with E-state index in [2.05, 4.69) is 0 Å². The molecule has 4 heteroatoms. The Hall–Kier alpha value is -1.39. The summed E-state index contributed by atoms with van der Waals surface area (Å²) in [4.78, 5) is 10.7. The molecule has 1 atom stereocenters. The number of carboxylic acids is 1. The van der Waals surface area contributed by atoms with Gasteiger partial charge < -0.3 is 15.6 Å². The van der Waals surface area contributed by atoms with Crippen molar-refractivity contribution in [1.82, 2.24) is 0 Å². The molecule has 98 valence electrons. The summed E-state index contributed by atoms with van der Waals surface area (Å²) in [6, 6.07) is 9.31. The normalized spacial score (nSPS) is 24.3. The van der Waals surface area contributed by atoms with Crippen molar-refractivity contribution in [1.29, 1.82) is 0 Å². The van der Waals surface area contributed by atoms with Crippen molar-refractivity contribution in [2.45, 2.75) is 25.5 Å². The number of hydrogen-bond acceptors (Lipinski definition) is 3. The maximum atomic E-state index is 10.7. The van der Waals surface area contributed by atoms with Crippen LogP contribution in [0.25, 0.3) is 0 Å². The van der Waals surface area contributed by atoms with E-state index in [0.29, 0.717) is 19.1 Å². The summed E-state index contributed by atoms with van der Waals surface area (Å²) in [5.41, 5.74) is 6.73. The van der Waals surface area contributed by atoms with E-state index >= 15 is 0 Å². The van der Waals surface area contributed by atoms with Gasteiger partial charge in [0.15, 0.2) is 0 Å². The lowest BCUT2D eigenvalue weighted by atomic mass is 9.72. The zero-order valence-electron chi connectivity index (χ0n) is 10.3. The smallest absolute Gasteiger partial charge is 0.320 e. The molecule has 0 aromatic heterocycles. The molecule has 0 spiro atoms. The van der Waals surface area contributed by atoms with Crippen molar-refractivity contribution in [3.8, 4) is 0 Å². The number of carboxylic acid groups (broad SMARTS) is 1. The Morgan fingerprint density at radius 3 is 2.67 bits per heavy atom. The highest BCUT2D eigenvalue weighted by atomic mass is 16.5. The maximum absolute atomic E-state index is 10.7. The largest absolute Gasteiger partial charge is 0.480 e. The number of ether oxygens (including phenoxy) is 1. The molecule has 18 heavy (non-hydrogen) atoms. The fraction of sp³-hybridized carbons (Fsp3) is 0.500. The summed E-state index contributed by atoms with van der Waals surface area (Å²) in [5.74, 6) is -0.319. The van der Waals surface area contributed by atoms with Crippen LogP contribution in [-0.2, 0) is 16.1 Å². The molecule has 1 aliphatic carbocycles. The van der Waals surface area contributed by atoms with E-state index in [1.165, 1.54) is 0 Å². The molecular weight excluding hydrogens is 230 g/mol. The molecule has 0 saturated heterocycles. The SMILES string of the molecule is N[C@@H](C(=O)O)C1CC(COCc2ccccc2)C1. The van der Waals surface area contributed by atoms with Crippen LogP contribution in [0, 0.1) is 11.8 Å². The van der Waals surface area contributed by atoms with Crippen LogP contribution < -0.4 is 5.73 Å². The monoisotopic (exact) mass is 249 g/mol. The summed E-state index contributed by atoms with van der Waals surface area (Å²) in [5, 5.41) is 8.77. The minimum Gasteiger partial charge on any atom is -0.480 e. The Labute approximate surface area is 107 Å². The molecule has 1 saturated carbocycles. The third-order valence-corrected chi connectivity index (χ3v) is 3.53. The van der Waals surface area contributed by atoms with Gasteiger partial charge in [-0.05, 0) is 30.2 Å². The number of hydrogen-bond donors (Lipinski definition) is 2. The van der Waals surface area contributed by atoms with E-state index in [1.54, 1.807) is 0 Å². The highest BCUT2D eigenvalue weighted by molar-refractivity contribution is 5.73. The minimum atomic E-state index is -0.899. The molecule has 0 bridgehead atoms. The molecule has 2 rings (SSSR count). The third-order valence-electron chi connectivity index (χ3n) is 3.53. The molecule has 1 fully saturated rings. The number of nitrogens with two attached hydrogens (primary N) is 1. The maximum Gasteiger partial charge on any atom is 0.320 e. The van der Waals surface area contributed by atoms with Gasteiger partial charge in [-0.1, -0.05) is 30.3 Å². The lowest BCUT2D eigenvalue weighted by molar-refractivity contribution is -0.141. The zero-order valence-corrected chi connectivity index (χ0v) is 10.3. The second-order valence-electron chi connectivity index (χ2n) is 4.96. The lowest BCUT2D eigenvalue weighted by Crippen LogP contribution is -2.45. The van der Waals surface area contributed by atoms with Gasteiger partial charge >= 0.3 is 5.97 Å². The first-order chi connectivity index (χ1) is 8.66. The van der Waals surface area contributed by atoms with E-state index < -0.39 is 12.0 Å². The summed E-state index contributed by atoms with van der Waals surface area (Å²) in [7, 11) is 0. The van der Waals surface area contributed by atoms with Gasteiger partial charge in [0, 0.05) is 6.61 Å². The Morgan fingerprint density at radius 1 is 1.39 bits per heavy atom. The van der Waals surface area contributed by atoms with Gasteiger partial charge in [0.05, 0.1) is 6.61 Å². The van der Waals surface area contributed by atoms with Gasteiger partial charge in [-0.15, -0.1) is 0 Å².